The molecular formula is C37H33FN2O4. The molecule has 5 aromatic carbocycles. The molecule has 0 unspecified atom stereocenters. The minimum atomic E-state index is -1.03. The number of nitrogens with zero attached hydrogens (tertiary/aromatic N) is 1. The maximum Gasteiger partial charge on any atom is 0.326 e. The van der Waals surface area contributed by atoms with E-state index < -0.39 is 12.0 Å². The first kappa shape index (κ1) is 30.0. The van der Waals surface area contributed by atoms with E-state index in [-0.39, 0.29) is 18.0 Å². The molecule has 0 amide bonds. The minimum absolute atomic E-state index is 0.184. The number of hydrogen-bond donors (Lipinski definition) is 2. The van der Waals surface area contributed by atoms with Gasteiger partial charge in [0.15, 0.2) is 5.78 Å². The van der Waals surface area contributed by atoms with E-state index in [0.29, 0.717) is 47.9 Å². The smallest absolute Gasteiger partial charge is 0.326 e. The maximum atomic E-state index is 14.6. The van der Waals surface area contributed by atoms with Crippen molar-refractivity contribution < 1.29 is 23.8 Å². The number of nitrogens with one attached hydrogen (secondary N) is 1. The molecule has 0 aromatic heterocycles. The van der Waals surface area contributed by atoms with Gasteiger partial charge >= 0.3 is 5.97 Å². The summed E-state index contributed by atoms with van der Waals surface area (Å²) in [6.07, 6.45) is 0.196. The molecule has 2 N–H and O–H groups in total. The number of carbonyl (C=O) groups is 2. The Bertz CT molecular complexity index is 1680. The van der Waals surface area contributed by atoms with Crippen LogP contribution in [0.1, 0.15) is 27.0 Å². The Morgan fingerprint density at radius 3 is 2.09 bits per heavy atom. The predicted octanol–water partition coefficient (Wildman–Crippen LogP) is 7.25. The fraction of sp³-hybridized carbons (Fsp3) is 0.135. The van der Waals surface area contributed by atoms with Gasteiger partial charge in [0.25, 0.3) is 0 Å². The molecule has 6 nitrogen and oxygen atoms in total. The Labute approximate surface area is 256 Å². The number of anilines is 2. The number of carboxylic acids is 1. The van der Waals surface area contributed by atoms with E-state index >= 15 is 0 Å². The second-order valence-corrected chi connectivity index (χ2v) is 10.3. The summed E-state index contributed by atoms with van der Waals surface area (Å²) in [6.45, 7) is 1.32. The molecule has 222 valence electrons. The number of para-hydroxylation sites is 2. The highest BCUT2D eigenvalue weighted by Crippen LogP contribution is 2.23. The largest absolute Gasteiger partial charge is 0.492 e. The van der Waals surface area contributed by atoms with Gasteiger partial charge in [-0.05, 0) is 47.5 Å². The van der Waals surface area contributed by atoms with Crippen molar-refractivity contribution in [2.45, 2.75) is 19.0 Å². The van der Waals surface area contributed by atoms with Crippen LogP contribution in [0.15, 0.2) is 133 Å². The second-order valence-electron chi connectivity index (χ2n) is 10.3. The van der Waals surface area contributed by atoms with Crippen LogP contribution < -0.4 is 15.0 Å². The summed E-state index contributed by atoms with van der Waals surface area (Å²) in [5.74, 6) is -0.877. The van der Waals surface area contributed by atoms with Gasteiger partial charge in [-0.3, -0.25) is 4.79 Å². The van der Waals surface area contributed by atoms with Gasteiger partial charge in [0.1, 0.15) is 24.2 Å². The van der Waals surface area contributed by atoms with E-state index in [1.165, 1.54) is 6.07 Å². The first-order valence-corrected chi connectivity index (χ1v) is 14.4. The average Bonchev–Trinajstić information content (AvgIpc) is 3.06. The number of benzene rings is 5. The van der Waals surface area contributed by atoms with Crippen LogP contribution in [0, 0.1) is 5.82 Å². The molecule has 5 aromatic rings. The van der Waals surface area contributed by atoms with E-state index in [1.54, 1.807) is 72.8 Å². The van der Waals surface area contributed by atoms with E-state index in [1.807, 2.05) is 59.5 Å². The van der Waals surface area contributed by atoms with Gasteiger partial charge in [-0.25, -0.2) is 9.18 Å². The molecule has 0 aliphatic carbocycles. The van der Waals surface area contributed by atoms with Crippen molar-refractivity contribution in [3.05, 3.63) is 162 Å². The van der Waals surface area contributed by atoms with Crippen molar-refractivity contribution in [3.8, 4) is 5.75 Å². The molecule has 0 spiro atoms. The van der Waals surface area contributed by atoms with Gasteiger partial charge in [-0.15, -0.1) is 0 Å². The normalized spacial score (nSPS) is 11.4. The van der Waals surface area contributed by atoms with E-state index in [2.05, 4.69) is 5.32 Å². The predicted molar refractivity (Wildman–Crippen MR) is 171 cm³/mol. The summed E-state index contributed by atoms with van der Waals surface area (Å²) < 4.78 is 20.6. The fourth-order valence-electron chi connectivity index (χ4n) is 4.97. The van der Waals surface area contributed by atoms with Gasteiger partial charge in [-0.1, -0.05) is 97.1 Å². The van der Waals surface area contributed by atoms with Crippen LogP contribution in [0.4, 0.5) is 15.8 Å². The van der Waals surface area contributed by atoms with Crippen LogP contribution in [-0.2, 0) is 17.8 Å². The molecule has 44 heavy (non-hydrogen) atoms. The van der Waals surface area contributed by atoms with Crippen LogP contribution in [0.3, 0.4) is 0 Å². The number of carboxylic acid groups (broad SMARTS) is 1. The van der Waals surface area contributed by atoms with Crippen molar-refractivity contribution in [1.82, 2.24) is 0 Å². The molecule has 0 saturated carbocycles. The average molecular weight is 589 g/mol. The van der Waals surface area contributed by atoms with Gasteiger partial charge in [-0.2, -0.15) is 0 Å². The molecule has 0 radical (unpaired) electrons. The van der Waals surface area contributed by atoms with Crippen LogP contribution in [0.25, 0.3) is 0 Å². The molecule has 0 fully saturated rings. The quantitative estimate of drug-likeness (QED) is 0.133. The molecule has 0 saturated heterocycles. The van der Waals surface area contributed by atoms with Crippen molar-refractivity contribution in [2.24, 2.45) is 0 Å². The number of rotatable bonds is 14. The Morgan fingerprint density at radius 1 is 0.750 bits per heavy atom. The zero-order valence-electron chi connectivity index (χ0n) is 24.1. The number of halogens is 1. The molecule has 0 aliphatic heterocycles. The first-order valence-electron chi connectivity index (χ1n) is 14.4. The van der Waals surface area contributed by atoms with E-state index in [0.717, 1.165) is 11.1 Å². The summed E-state index contributed by atoms with van der Waals surface area (Å²) in [4.78, 5) is 27.3. The molecule has 0 bridgehead atoms. The fourth-order valence-corrected chi connectivity index (χ4v) is 4.97. The number of ketones is 1. The van der Waals surface area contributed by atoms with Gasteiger partial charge < -0.3 is 20.1 Å². The monoisotopic (exact) mass is 588 g/mol. The summed E-state index contributed by atoms with van der Waals surface area (Å²) in [5, 5.41) is 13.0. The lowest BCUT2D eigenvalue weighted by molar-refractivity contribution is -0.137. The van der Waals surface area contributed by atoms with Crippen molar-refractivity contribution in [2.75, 3.05) is 23.4 Å². The molecular weight excluding hydrogens is 555 g/mol. The molecule has 7 heteroatoms. The SMILES string of the molecule is O=C(c1ccccc1)c1ccccc1N[C@@H](Cc1ccc(OCCN(Cc2ccccc2)c2ccccc2F)cc1)C(=O)O. The maximum absolute atomic E-state index is 14.6. The summed E-state index contributed by atoms with van der Waals surface area (Å²) in [6, 6.07) is 38.7. The Hall–Kier alpha value is -5.43. The van der Waals surface area contributed by atoms with E-state index in [9.17, 15) is 19.1 Å². The van der Waals surface area contributed by atoms with Crippen molar-refractivity contribution in [3.63, 3.8) is 0 Å². The first-order chi connectivity index (χ1) is 21.5. The molecule has 0 heterocycles. The lowest BCUT2D eigenvalue weighted by Crippen LogP contribution is -2.32. The Balaban J connectivity index is 1.21. The Morgan fingerprint density at radius 2 is 1.39 bits per heavy atom. The molecule has 5 rings (SSSR count). The van der Waals surface area contributed by atoms with Gasteiger partial charge in [0.05, 0.1) is 12.2 Å². The highest BCUT2D eigenvalue weighted by atomic mass is 19.1. The van der Waals surface area contributed by atoms with E-state index in [4.69, 9.17) is 4.74 Å². The standard InChI is InChI=1S/C37H33FN2O4/c38-32-16-8-10-18-35(32)40(26-28-11-3-1-4-12-28)23-24-44-30-21-19-27(20-22-30)25-34(37(42)43)39-33-17-9-7-15-31(33)36(41)29-13-5-2-6-14-29/h1-22,34,39H,23-26H2,(H,42,43)/t34-/m0/s1. The van der Waals surface area contributed by atoms with Crippen LogP contribution in [-0.4, -0.2) is 36.1 Å². The molecule has 0 aliphatic rings. The number of aliphatic carboxylic acids is 1. The number of ether oxygens (including phenoxy) is 1. The molecule has 1 atom stereocenters. The topological polar surface area (TPSA) is 78.9 Å². The summed E-state index contributed by atoms with van der Waals surface area (Å²) in [5.41, 5.74) is 3.76. The van der Waals surface area contributed by atoms with Crippen molar-refractivity contribution >= 4 is 23.1 Å². The van der Waals surface area contributed by atoms with Gasteiger partial charge in [0.2, 0.25) is 0 Å². The summed E-state index contributed by atoms with van der Waals surface area (Å²) >= 11 is 0. The van der Waals surface area contributed by atoms with Crippen LogP contribution in [0.5, 0.6) is 5.75 Å². The van der Waals surface area contributed by atoms with Crippen LogP contribution >= 0.6 is 0 Å². The highest BCUT2D eigenvalue weighted by Gasteiger charge is 2.21. The minimum Gasteiger partial charge on any atom is -0.492 e. The number of hydrogen-bond acceptors (Lipinski definition) is 5. The van der Waals surface area contributed by atoms with Gasteiger partial charge in [0, 0.05) is 29.8 Å². The highest BCUT2D eigenvalue weighted by molar-refractivity contribution is 6.12. The zero-order valence-corrected chi connectivity index (χ0v) is 24.1. The van der Waals surface area contributed by atoms with Crippen LogP contribution in [0.2, 0.25) is 0 Å². The van der Waals surface area contributed by atoms with Crippen molar-refractivity contribution in [1.29, 1.82) is 0 Å². The third-order valence-electron chi connectivity index (χ3n) is 7.24. The Kier molecular flexibility index (Phi) is 10.0. The summed E-state index contributed by atoms with van der Waals surface area (Å²) in [7, 11) is 0. The second kappa shape index (κ2) is 14.6. The zero-order chi connectivity index (χ0) is 30.7. The third-order valence-corrected chi connectivity index (χ3v) is 7.24. The lowest BCUT2D eigenvalue weighted by atomic mass is 10.00. The lowest BCUT2D eigenvalue weighted by Gasteiger charge is -2.25. The number of carbonyl (C=O) groups excluding carboxylic acids is 1. The third kappa shape index (κ3) is 7.89.